The molecule has 0 fully saturated rings. The first-order valence-electron chi connectivity index (χ1n) is 5.84. The van der Waals surface area contributed by atoms with Crippen LogP contribution in [0.2, 0.25) is 0 Å². The molecule has 1 N–H and O–H groups in total. The first-order chi connectivity index (χ1) is 9.09. The van der Waals surface area contributed by atoms with Crippen molar-refractivity contribution in [3.8, 4) is 11.4 Å². The van der Waals surface area contributed by atoms with Gasteiger partial charge in [0.25, 0.3) is 0 Å². The van der Waals surface area contributed by atoms with Gasteiger partial charge in [-0.2, -0.15) is 0 Å². The molecule has 0 saturated heterocycles. The molecule has 2 rings (SSSR count). The Morgan fingerprint density at radius 1 is 1.37 bits per heavy atom. The van der Waals surface area contributed by atoms with Crippen LogP contribution < -0.4 is 0 Å². The van der Waals surface area contributed by atoms with Gasteiger partial charge in [-0.3, -0.25) is 4.79 Å². The first-order valence-corrected chi connectivity index (χ1v) is 5.84. The van der Waals surface area contributed by atoms with Crippen LogP contribution in [0.1, 0.15) is 26.3 Å². The Balaban J connectivity index is 2.39. The average Bonchev–Trinajstić information content (AvgIpc) is 2.85. The molecule has 0 saturated carbocycles. The monoisotopic (exact) mass is 262 g/mol. The average molecular weight is 262 g/mol. The number of nitrogens with zero attached hydrogens (tertiary/aromatic N) is 6. The molecule has 0 amide bonds. The van der Waals surface area contributed by atoms with E-state index in [-0.39, 0.29) is 18.4 Å². The Labute approximate surface area is 109 Å². The first kappa shape index (κ1) is 13.1. The van der Waals surface area contributed by atoms with E-state index in [9.17, 15) is 4.79 Å². The third-order valence-electron chi connectivity index (χ3n) is 2.78. The summed E-state index contributed by atoms with van der Waals surface area (Å²) in [6.07, 6.45) is 4.55. The predicted octanol–water partition coefficient (Wildman–Crippen LogP) is 0.802. The molecule has 100 valence electrons. The number of tetrazole rings is 1. The summed E-state index contributed by atoms with van der Waals surface area (Å²) in [7, 11) is 0. The molecular weight excluding hydrogens is 248 g/mol. The number of rotatable bonds is 5. The van der Waals surface area contributed by atoms with Gasteiger partial charge >= 0.3 is 5.97 Å². The molecule has 2 aromatic rings. The Bertz CT molecular complexity index is 553. The van der Waals surface area contributed by atoms with Crippen LogP contribution >= 0.6 is 0 Å². The molecule has 0 aromatic carbocycles. The van der Waals surface area contributed by atoms with Crippen LogP contribution in [0.5, 0.6) is 0 Å². The van der Waals surface area contributed by atoms with Gasteiger partial charge in [-0.05, 0) is 16.3 Å². The van der Waals surface area contributed by atoms with Crippen molar-refractivity contribution in [1.29, 1.82) is 0 Å². The van der Waals surface area contributed by atoms with Crippen LogP contribution in [0, 0.1) is 5.92 Å². The molecular formula is C11H14N6O2. The van der Waals surface area contributed by atoms with Crippen LogP contribution in [0.3, 0.4) is 0 Å². The molecule has 2 aromatic heterocycles. The molecule has 1 unspecified atom stereocenters. The lowest BCUT2D eigenvalue weighted by Gasteiger charge is -2.19. The van der Waals surface area contributed by atoms with Crippen LogP contribution in [-0.4, -0.2) is 41.3 Å². The zero-order chi connectivity index (χ0) is 13.8. The number of aromatic nitrogens is 6. The van der Waals surface area contributed by atoms with E-state index >= 15 is 0 Å². The fourth-order valence-electron chi connectivity index (χ4n) is 1.81. The summed E-state index contributed by atoms with van der Waals surface area (Å²) in [6.45, 7) is 3.86. The highest BCUT2D eigenvalue weighted by Crippen LogP contribution is 2.25. The minimum absolute atomic E-state index is 0.0383. The highest BCUT2D eigenvalue weighted by atomic mass is 16.4. The van der Waals surface area contributed by atoms with Gasteiger partial charge in [-0.15, -0.1) is 5.10 Å². The Hall–Kier alpha value is -2.38. The minimum Gasteiger partial charge on any atom is -0.481 e. The van der Waals surface area contributed by atoms with Crippen molar-refractivity contribution in [1.82, 2.24) is 30.2 Å². The normalized spacial score (nSPS) is 12.6. The number of aliphatic carboxylic acids is 1. The Morgan fingerprint density at radius 3 is 2.63 bits per heavy atom. The molecule has 2 heterocycles. The highest BCUT2D eigenvalue weighted by Gasteiger charge is 2.24. The summed E-state index contributed by atoms with van der Waals surface area (Å²) in [5.41, 5.74) is 0.656. The standard InChI is InChI=1S/C11H14N6O2/c1-7(2)9(3-10(18)19)17-11(14-15-16-17)8-4-12-6-13-5-8/h4-7,9H,3H2,1-2H3,(H,18,19). The summed E-state index contributed by atoms with van der Waals surface area (Å²) in [5, 5.41) is 20.4. The topological polar surface area (TPSA) is 107 Å². The number of hydrogen-bond donors (Lipinski definition) is 1. The minimum atomic E-state index is -0.885. The molecule has 0 radical (unpaired) electrons. The van der Waals surface area contributed by atoms with Gasteiger partial charge in [-0.1, -0.05) is 13.8 Å². The maximum absolute atomic E-state index is 11.0. The predicted molar refractivity (Wildman–Crippen MR) is 65.0 cm³/mol. The van der Waals surface area contributed by atoms with Gasteiger partial charge in [0.2, 0.25) is 0 Å². The smallest absolute Gasteiger partial charge is 0.305 e. The van der Waals surface area contributed by atoms with E-state index in [4.69, 9.17) is 5.11 Å². The SMILES string of the molecule is CC(C)C(CC(=O)O)n1nnnc1-c1cncnc1. The number of hydrogen-bond acceptors (Lipinski definition) is 6. The quantitative estimate of drug-likeness (QED) is 0.849. The van der Waals surface area contributed by atoms with Crippen molar-refractivity contribution >= 4 is 5.97 Å². The number of carboxylic acid groups (broad SMARTS) is 1. The van der Waals surface area contributed by atoms with E-state index in [1.807, 2.05) is 13.8 Å². The fraction of sp³-hybridized carbons (Fsp3) is 0.455. The molecule has 1 atom stereocenters. The summed E-state index contributed by atoms with van der Waals surface area (Å²) in [4.78, 5) is 18.8. The van der Waals surface area contributed by atoms with Crippen molar-refractivity contribution < 1.29 is 9.90 Å². The summed E-state index contributed by atoms with van der Waals surface area (Å²) in [6, 6.07) is -0.317. The van der Waals surface area contributed by atoms with Gasteiger partial charge in [-0.25, -0.2) is 14.6 Å². The van der Waals surface area contributed by atoms with E-state index < -0.39 is 5.97 Å². The van der Waals surface area contributed by atoms with Crippen LogP contribution in [0.4, 0.5) is 0 Å². The van der Waals surface area contributed by atoms with Crippen molar-refractivity contribution in [2.24, 2.45) is 5.92 Å². The maximum atomic E-state index is 11.0. The molecule has 0 aliphatic heterocycles. The second-order valence-electron chi connectivity index (χ2n) is 4.48. The van der Waals surface area contributed by atoms with Crippen LogP contribution in [0.15, 0.2) is 18.7 Å². The van der Waals surface area contributed by atoms with Gasteiger partial charge in [0, 0.05) is 12.4 Å². The molecule has 8 nitrogen and oxygen atoms in total. The lowest BCUT2D eigenvalue weighted by molar-refractivity contribution is -0.138. The van der Waals surface area contributed by atoms with Crippen molar-refractivity contribution in [3.05, 3.63) is 18.7 Å². The van der Waals surface area contributed by atoms with E-state index in [2.05, 4.69) is 25.5 Å². The Kier molecular flexibility index (Phi) is 3.79. The lowest BCUT2D eigenvalue weighted by atomic mass is 10.0. The third kappa shape index (κ3) is 2.90. The molecule has 19 heavy (non-hydrogen) atoms. The van der Waals surface area contributed by atoms with Gasteiger partial charge in [0.05, 0.1) is 18.0 Å². The fourth-order valence-corrected chi connectivity index (χ4v) is 1.81. The second-order valence-corrected chi connectivity index (χ2v) is 4.48. The van der Waals surface area contributed by atoms with Gasteiger partial charge in [0.15, 0.2) is 5.82 Å². The van der Waals surface area contributed by atoms with E-state index in [1.54, 1.807) is 12.4 Å². The van der Waals surface area contributed by atoms with Gasteiger partial charge < -0.3 is 5.11 Å². The zero-order valence-corrected chi connectivity index (χ0v) is 10.6. The van der Waals surface area contributed by atoms with Gasteiger partial charge in [0.1, 0.15) is 6.33 Å². The van der Waals surface area contributed by atoms with Crippen LogP contribution in [0.25, 0.3) is 11.4 Å². The second kappa shape index (κ2) is 5.51. The van der Waals surface area contributed by atoms with Crippen LogP contribution in [-0.2, 0) is 4.79 Å². The molecule has 0 aliphatic carbocycles. The largest absolute Gasteiger partial charge is 0.481 e. The molecule has 0 aliphatic rings. The number of carbonyl (C=O) groups is 1. The van der Waals surface area contributed by atoms with Crippen molar-refractivity contribution in [2.45, 2.75) is 26.3 Å². The van der Waals surface area contributed by atoms with Crippen molar-refractivity contribution in [2.75, 3.05) is 0 Å². The zero-order valence-electron chi connectivity index (χ0n) is 10.6. The van der Waals surface area contributed by atoms with Crippen molar-refractivity contribution in [3.63, 3.8) is 0 Å². The molecule has 0 spiro atoms. The summed E-state index contributed by atoms with van der Waals surface area (Å²) in [5.74, 6) is -0.326. The molecule has 0 bridgehead atoms. The Morgan fingerprint density at radius 2 is 2.05 bits per heavy atom. The summed E-state index contributed by atoms with van der Waals surface area (Å²) >= 11 is 0. The summed E-state index contributed by atoms with van der Waals surface area (Å²) < 4.78 is 1.53. The lowest BCUT2D eigenvalue weighted by Crippen LogP contribution is -2.21. The maximum Gasteiger partial charge on any atom is 0.305 e. The third-order valence-corrected chi connectivity index (χ3v) is 2.78. The van der Waals surface area contributed by atoms with E-state index in [1.165, 1.54) is 11.0 Å². The van der Waals surface area contributed by atoms with E-state index in [0.29, 0.717) is 11.4 Å². The number of carboxylic acids is 1. The highest BCUT2D eigenvalue weighted by molar-refractivity contribution is 5.67. The molecule has 8 heteroatoms. The van der Waals surface area contributed by atoms with E-state index in [0.717, 1.165) is 0 Å².